The summed E-state index contributed by atoms with van der Waals surface area (Å²) >= 11 is 0. The van der Waals surface area contributed by atoms with E-state index in [0.717, 1.165) is 5.69 Å². The van der Waals surface area contributed by atoms with E-state index in [0.29, 0.717) is 17.7 Å². The average Bonchev–Trinajstić information content (AvgIpc) is 2.34. The number of rotatable bonds is 5. The summed E-state index contributed by atoms with van der Waals surface area (Å²) in [4.78, 5) is 26.2. The van der Waals surface area contributed by atoms with E-state index in [1.165, 1.54) is 0 Å². The number of aromatic carboxylic acids is 1. The van der Waals surface area contributed by atoms with E-state index in [1.807, 2.05) is 11.8 Å². The molecule has 5 nitrogen and oxygen atoms in total. The van der Waals surface area contributed by atoms with Crippen molar-refractivity contribution in [2.75, 3.05) is 32.1 Å². The summed E-state index contributed by atoms with van der Waals surface area (Å²) in [5.41, 5.74) is 1.85. The van der Waals surface area contributed by atoms with Crippen molar-refractivity contribution in [1.29, 1.82) is 0 Å². The molecule has 0 aliphatic heterocycles. The Hall–Kier alpha value is -2.04. The average molecular weight is 264 g/mol. The summed E-state index contributed by atoms with van der Waals surface area (Å²) in [7, 11) is 3.43. The van der Waals surface area contributed by atoms with Gasteiger partial charge >= 0.3 is 5.97 Å². The van der Waals surface area contributed by atoms with Crippen LogP contribution in [0.4, 0.5) is 5.69 Å². The molecule has 0 spiro atoms. The molecule has 1 amide bonds. The highest BCUT2D eigenvalue weighted by molar-refractivity contribution is 5.90. The minimum absolute atomic E-state index is 0.0156. The molecule has 1 rings (SSSR count). The Morgan fingerprint density at radius 2 is 1.89 bits per heavy atom. The second-order valence-electron chi connectivity index (χ2n) is 4.61. The predicted octanol–water partition coefficient (Wildman–Crippen LogP) is 1.61. The van der Waals surface area contributed by atoms with Crippen LogP contribution in [0.15, 0.2) is 18.2 Å². The molecule has 0 fully saturated rings. The zero-order valence-electron chi connectivity index (χ0n) is 11.8. The number of carboxylic acids is 1. The van der Waals surface area contributed by atoms with Gasteiger partial charge < -0.3 is 14.9 Å². The number of benzene rings is 1. The van der Waals surface area contributed by atoms with Gasteiger partial charge in [-0.2, -0.15) is 0 Å². The molecule has 0 atom stereocenters. The van der Waals surface area contributed by atoms with Crippen LogP contribution < -0.4 is 4.90 Å². The maximum Gasteiger partial charge on any atom is 0.335 e. The second-order valence-corrected chi connectivity index (χ2v) is 4.61. The predicted molar refractivity (Wildman–Crippen MR) is 74.7 cm³/mol. The first-order valence-electron chi connectivity index (χ1n) is 6.15. The molecule has 0 saturated heterocycles. The molecule has 19 heavy (non-hydrogen) atoms. The van der Waals surface area contributed by atoms with Crippen molar-refractivity contribution < 1.29 is 14.7 Å². The number of carbonyl (C=O) groups is 2. The molecule has 0 aliphatic carbocycles. The Bertz CT molecular complexity index is 484. The molecule has 0 radical (unpaired) electrons. The second kappa shape index (κ2) is 6.22. The van der Waals surface area contributed by atoms with E-state index >= 15 is 0 Å². The monoisotopic (exact) mass is 264 g/mol. The van der Waals surface area contributed by atoms with E-state index in [9.17, 15) is 9.59 Å². The van der Waals surface area contributed by atoms with Crippen LogP contribution in [-0.2, 0) is 4.79 Å². The molecule has 0 heterocycles. The SMILES string of the molecule is CCN(CC(=O)N(C)C)c1ccc(C(=O)O)c(C)c1. The van der Waals surface area contributed by atoms with Gasteiger partial charge in [0.15, 0.2) is 0 Å². The smallest absolute Gasteiger partial charge is 0.335 e. The van der Waals surface area contributed by atoms with Crippen LogP contribution in [0.5, 0.6) is 0 Å². The van der Waals surface area contributed by atoms with Gasteiger partial charge in [-0.05, 0) is 37.6 Å². The molecular weight excluding hydrogens is 244 g/mol. The first-order chi connectivity index (χ1) is 8.86. The number of amides is 1. The number of nitrogens with zero attached hydrogens (tertiary/aromatic N) is 2. The van der Waals surface area contributed by atoms with Gasteiger partial charge in [-0.15, -0.1) is 0 Å². The lowest BCUT2D eigenvalue weighted by molar-refractivity contribution is -0.127. The minimum Gasteiger partial charge on any atom is -0.478 e. The standard InChI is InChI=1S/C14H20N2O3/c1-5-16(9-13(17)15(3)4)11-6-7-12(14(18)19)10(2)8-11/h6-8H,5,9H2,1-4H3,(H,18,19). The lowest BCUT2D eigenvalue weighted by Crippen LogP contribution is -2.36. The van der Waals surface area contributed by atoms with E-state index in [2.05, 4.69) is 0 Å². The van der Waals surface area contributed by atoms with Gasteiger partial charge in [0.25, 0.3) is 0 Å². The van der Waals surface area contributed by atoms with Crippen LogP contribution in [0, 0.1) is 6.92 Å². The number of likely N-dealkylation sites (N-methyl/N-ethyl adjacent to an activating group) is 2. The Morgan fingerprint density at radius 3 is 2.32 bits per heavy atom. The number of anilines is 1. The minimum atomic E-state index is -0.934. The summed E-state index contributed by atoms with van der Waals surface area (Å²) in [6.07, 6.45) is 0. The highest BCUT2D eigenvalue weighted by Gasteiger charge is 2.14. The molecule has 5 heteroatoms. The van der Waals surface area contributed by atoms with Crippen LogP contribution >= 0.6 is 0 Å². The molecule has 0 bridgehead atoms. The first-order valence-corrected chi connectivity index (χ1v) is 6.15. The fraction of sp³-hybridized carbons (Fsp3) is 0.429. The molecular formula is C14H20N2O3. The summed E-state index contributed by atoms with van der Waals surface area (Å²) in [5.74, 6) is -0.918. The fourth-order valence-corrected chi connectivity index (χ4v) is 1.77. The van der Waals surface area contributed by atoms with Crippen LogP contribution in [-0.4, -0.2) is 49.1 Å². The molecule has 0 aliphatic rings. The van der Waals surface area contributed by atoms with Gasteiger partial charge in [-0.3, -0.25) is 4.79 Å². The number of carboxylic acid groups (broad SMARTS) is 1. The largest absolute Gasteiger partial charge is 0.478 e. The van der Waals surface area contributed by atoms with E-state index < -0.39 is 5.97 Å². The van der Waals surface area contributed by atoms with Crippen LogP contribution in [0.2, 0.25) is 0 Å². The van der Waals surface area contributed by atoms with Crippen molar-refractivity contribution in [1.82, 2.24) is 4.90 Å². The van der Waals surface area contributed by atoms with E-state index in [1.54, 1.807) is 44.1 Å². The van der Waals surface area contributed by atoms with Gasteiger partial charge in [-0.1, -0.05) is 0 Å². The normalized spacial score (nSPS) is 10.1. The molecule has 1 N–H and O–H groups in total. The van der Waals surface area contributed by atoms with Crippen molar-refractivity contribution in [2.24, 2.45) is 0 Å². The summed E-state index contributed by atoms with van der Waals surface area (Å²) in [6, 6.07) is 5.12. The van der Waals surface area contributed by atoms with E-state index in [4.69, 9.17) is 5.11 Å². The third kappa shape index (κ3) is 3.71. The highest BCUT2D eigenvalue weighted by atomic mass is 16.4. The quantitative estimate of drug-likeness (QED) is 0.877. The van der Waals surface area contributed by atoms with Gasteiger partial charge in [0.1, 0.15) is 0 Å². The summed E-state index contributed by atoms with van der Waals surface area (Å²) < 4.78 is 0. The number of aryl methyl sites for hydroxylation is 1. The number of hydrogen-bond donors (Lipinski definition) is 1. The lowest BCUT2D eigenvalue weighted by Gasteiger charge is -2.24. The molecule has 0 unspecified atom stereocenters. The Kier molecular flexibility index (Phi) is 4.92. The molecule has 104 valence electrons. The summed E-state index contributed by atoms with van der Waals surface area (Å²) in [6.45, 7) is 4.69. The van der Waals surface area contributed by atoms with Gasteiger partial charge in [0.05, 0.1) is 12.1 Å². The van der Waals surface area contributed by atoms with Crippen molar-refractivity contribution >= 4 is 17.6 Å². The number of hydrogen-bond acceptors (Lipinski definition) is 3. The maximum absolute atomic E-state index is 11.7. The molecule has 1 aromatic carbocycles. The van der Waals surface area contributed by atoms with Gasteiger partial charge in [-0.25, -0.2) is 4.79 Å². The lowest BCUT2D eigenvalue weighted by atomic mass is 10.1. The Labute approximate surface area is 113 Å². The zero-order valence-corrected chi connectivity index (χ0v) is 11.8. The van der Waals surface area contributed by atoms with Crippen LogP contribution in [0.1, 0.15) is 22.8 Å². The molecule has 1 aromatic rings. The molecule has 0 saturated carbocycles. The first kappa shape index (κ1) is 15.0. The Balaban J connectivity index is 2.97. The van der Waals surface area contributed by atoms with Gasteiger partial charge in [0.2, 0.25) is 5.91 Å². The van der Waals surface area contributed by atoms with Crippen molar-refractivity contribution in [2.45, 2.75) is 13.8 Å². The van der Waals surface area contributed by atoms with E-state index in [-0.39, 0.29) is 12.5 Å². The third-order valence-corrected chi connectivity index (χ3v) is 3.01. The van der Waals surface area contributed by atoms with Crippen molar-refractivity contribution in [3.8, 4) is 0 Å². The zero-order chi connectivity index (χ0) is 14.6. The fourth-order valence-electron chi connectivity index (χ4n) is 1.77. The highest BCUT2D eigenvalue weighted by Crippen LogP contribution is 2.19. The van der Waals surface area contributed by atoms with Gasteiger partial charge in [0, 0.05) is 26.3 Å². The number of carbonyl (C=O) groups excluding carboxylic acids is 1. The maximum atomic E-state index is 11.7. The topological polar surface area (TPSA) is 60.9 Å². The van der Waals surface area contributed by atoms with Crippen LogP contribution in [0.3, 0.4) is 0 Å². The van der Waals surface area contributed by atoms with Crippen molar-refractivity contribution in [3.63, 3.8) is 0 Å². The molecule has 0 aromatic heterocycles. The van der Waals surface area contributed by atoms with Crippen molar-refractivity contribution in [3.05, 3.63) is 29.3 Å². The Morgan fingerprint density at radius 1 is 1.26 bits per heavy atom. The third-order valence-electron chi connectivity index (χ3n) is 3.01. The summed E-state index contributed by atoms with van der Waals surface area (Å²) in [5, 5.41) is 9.00. The van der Waals surface area contributed by atoms with Crippen LogP contribution in [0.25, 0.3) is 0 Å².